The van der Waals surface area contributed by atoms with Gasteiger partial charge in [0.1, 0.15) is 5.82 Å². The van der Waals surface area contributed by atoms with E-state index in [1.165, 1.54) is 10.7 Å². The van der Waals surface area contributed by atoms with Crippen LogP contribution in [0.15, 0.2) is 53.8 Å². The van der Waals surface area contributed by atoms with Gasteiger partial charge >= 0.3 is 0 Å². The Morgan fingerprint density at radius 3 is 2.62 bits per heavy atom. The third-order valence-electron chi connectivity index (χ3n) is 2.32. The molecule has 0 spiro atoms. The number of hydrogen-bond donors (Lipinski definition) is 1. The molecular formula is C12H13N3O. The van der Waals surface area contributed by atoms with Crippen molar-refractivity contribution in [3.05, 3.63) is 59.4 Å². The Balaban J connectivity index is 2.64. The molecule has 0 saturated heterocycles. The van der Waals surface area contributed by atoms with E-state index in [0.717, 1.165) is 5.69 Å². The number of nitrogens with zero attached hydrogens (tertiary/aromatic N) is 2. The molecule has 4 nitrogen and oxygen atoms in total. The first-order valence-electron chi connectivity index (χ1n) is 4.98. The van der Waals surface area contributed by atoms with Gasteiger partial charge in [0.15, 0.2) is 0 Å². The van der Waals surface area contributed by atoms with Crippen LogP contribution in [0.4, 0.5) is 5.82 Å². The topological polar surface area (TPSA) is 52.9 Å². The maximum atomic E-state index is 11.8. The molecule has 4 heteroatoms. The molecule has 0 aliphatic carbocycles. The number of nitrogens with two attached hydrogens (primary N) is 1. The highest BCUT2D eigenvalue weighted by Gasteiger charge is 2.08. The van der Waals surface area contributed by atoms with Gasteiger partial charge in [0, 0.05) is 6.07 Å². The normalized spacial score (nSPS) is 10.2. The van der Waals surface area contributed by atoms with Gasteiger partial charge < -0.3 is 5.73 Å². The molecule has 1 aromatic heterocycles. The highest BCUT2D eigenvalue weighted by Crippen LogP contribution is 2.08. The minimum atomic E-state index is -0.134. The van der Waals surface area contributed by atoms with Gasteiger partial charge in [0.05, 0.1) is 12.2 Å². The molecule has 2 aromatic rings. The summed E-state index contributed by atoms with van der Waals surface area (Å²) < 4.78 is 3.22. The van der Waals surface area contributed by atoms with E-state index >= 15 is 0 Å². The molecule has 0 saturated carbocycles. The van der Waals surface area contributed by atoms with Crippen molar-refractivity contribution in [3.63, 3.8) is 0 Å². The predicted octanol–water partition coefficient (Wildman–Crippen LogP) is 1.41. The fraction of sp³-hybridized carbons (Fsp3) is 0.0833. The fourth-order valence-electron chi connectivity index (χ4n) is 1.64. The number of hydrogen-bond acceptors (Lipinski definition) is 2. The lowest BCUT2D eigenvalue weighted by Gasteiger charge is -2.10. The molecule has 82 valence electrons. The van der Waals surface area contributed by atoms with Crippen molar-refractivity contribution in [2.45, 2.75) is 6.54 Å². The van der Waals surface area contributed by atoms with Crippen molar-refractivity contribution in [2.24, 2.45) is 0 Å². The first-order valence-corrected chi connectivity index (χ1v) is 4.98. The van der Waals surface area contributed by atoms with E-state index in [1.54, 1.807) is 10.8 Å². The van der Waals surface area contributed by atoms with Crippen molar-refractivity contribution in [1.82, 2.24) is 9.36 Å². The van der Waals surface area contributed by atoms with E-state index in [-0.39, 0.29) is 5.56 Å². The summed E-state index contributed by atoms with van der Waals surface area (Å²) in [4.78, 5) is 11.8. The minimum Gasteiger partial charge on any atom is -0.384 e. The van der Waals surface area contributed by atoms with Gasteiger partial charge in [0.2, 0.25) is 0 Å². The van der Waals surface area contributed by atoms with Crippen LogP contribution in [0, 0.1) is 0 Å². The van der Waals surface area contributed by atoms with Crippen molar-refractivity contribution in [2.75, 3.05) is 5.73 Å². The van der Waals surface area contributed by atoms with Gasteiger partial charge in [-0.1, -0.05) is 24.3 Å². The molecule has 0 aliphatic heterocycles. The monoisotopic (exact) mass is 215 g/mol. The minimum absolute atomic E-state index is 0.134. The van der Waals surface area contributed by atoms with Crippen molar-refractivity contribution >= 4 is 5.82 Å². The molecular weight excluding hydrogens is 202 g/mol. The van der Waals surface area contributed by atoms with Gasteiger partial charge in [-0.15, -0.1) is 6.58 Å². The van der Waals surface area contributed by atoms with E-state index in [9.17, 15) is 4.79 Å². The Bertz CT molecular complexity index is 551. The number of rotatable bonds is 3. The second-order valence-corrected chi connectivity index (χ2v) is 3.43. The standard InChI is InChI=1S/C12H13N3O/c1-2-8-14-11(13)9-12(16)15(14)10-6-4-3-5-7-10/h2-7,9H,1,8,13H2. The molecule has 2 N–H and O–H groups in total. The van der Waals surface area contributed by atoms with Crippen molar-refractivity contribution < 1.29 is 0 Å². The molecule has 0 unspecified atom stereocenters. The maximum absolute atomic E-state index is 11.8. The summed E-state index contributed by atoms with van der Waals surface area (Å²) in [7, 11) is 0. The van der Waals surface area contributed by atoms with Crippen molar-refractivity contribution in [3.8, 4) is 5.69 Å². The smallest absolute Gasteiger partial charge is 0.273 e. The number of allylic oxidation sites excluding steroid dienone is 1. The largest absolute Gasteiger partial charge is 0.384 e. The Hall–Kier alpha value is -2.23. The molecule has 0 radical (unpaired) electrons. The Morgan fingerprint density at radius 1 is 1.31 bits per heavy atom. The average molecular weight is 215 g/mol. The van der Waals surface area contributed by atoms with Crippen LogP contribution in [0.2, 0.25) is 0 Å². The summed E-state index contributed by atoms with van der Waals surface area (Å²) in [5.41, 5.74) is 6.42. The zero-order chi connectivity index (χ0) is 11.5. The predicted molar refractivity (Wildman–Crippen MR) is 64.6 cm³/mol. The van der Waals surface area contributed by atoms with Crippen LogP contribution in [-0.2, 0) is 6.54 Å². The van der Waals surface area contributed by atoms with E-state index in [4.69, 9.17) is 5.73 Å². The quantitative estimate of drug-likeness (QED) is 0.787. The summed E-state index contributed by atoms with van der Waals surface area (Å²) in [5, 5.41) is 0. The van der Waals surface area contributed by atoms with Crippen LogP contribution >= 0.6 is 0 Å². The maximum Gasteiger partial charge on any atom is 0.273 e. The number of para-hydroxylation sites is 1. The second kappa shape index (κ2) is 4.10. The Morgan fingerprint density at radius 2 is 2.00 bits per heavy atom. The molecule has 0 atom stereocenters. The molecule has 2 rings (SSSR count). The second-order valence-electron chi connectivity index (χ2n) is 3.43. The van der Waals surface area contributed by atoms with Gasteiger partial charge in [-0.3, -0.25) is 9.48 Å². The van der Waals surface area contributed by atoms with Crippen LogP contribution in [0.25, 0.3) is 5.69 Å². The first kappa shape index (κ1) is 10.3. The third-order valence-corrected chi connectivity index (χ3v) is 2.32. The van der Waals surface area contributed by atoms with E-state index in [0.29, 0.717) is 12.4 Å². The lowest BCUT2D eigenvalue weighted by atomic mass is 10.3. The molecule has 0 aliphatic rings. The number of anilines is 1. The van der Waals surface area contributed by atoms with Crippen LogP contribution in [0.1, 0.15) is 0 Å². The van der Waals surface area contributed by atoms with Crippen molar-refractivity contribution in [1.29, 1.82) is 0 Å². The lowest BCUT2D eigenvalue weighted by molar-refractivity contribution is 0.611. The average Bonchev–Trinajstić information content (AvgIpc) is 2.56. The van der Waals surface area contributed by atoms with E-state index in [1.807, 2.05) is 30.3 Å². The van der Waals surface area contributed by atoms with Crippen LogP contribution in [0.5, 0.6) is 0 Å². The molecule has 16 heavy (non-hydrogen) atoms. The zero-order valence-corrected chi connectivity index (χ0v) is 8.84. The van der Waals surface area contributed by atoms with E-state index in [2.05, 4.69) is 6.58 Å². The van der Waals surface area contributed by atoms with Gasteiger partial charge in [-0.2, -0.15) is 0 Å². The SMILES string of the molecule is C=CCn1c(N)cc(=O)n1-c1ccccc1. The molecule has 0 bridgehead atoms. The zero-order valence-electron chi connectivity index (χ0n) is 8.84. The van der Waals surface area contributed by atoms with Gasteiger partial charge in [0.25, 0.3) is 5.56 Å². The highest BCUT2D eigenvalue weighted by atomic mass is 16.1. The van der Waals surface area contributed by atoms with Crippen LogP contribution in [0.3, 0.4) is 0 Å². The Kier molecular flexibility index (Phi) is 2.64. The lowest BCUT2D eigenvalue weighted by Crippen LogP contribution is -2.21. The number of aromatic nitrogens is 2. The van der Waals surface area contributed by atoms with Gasteiger partial charge in [-0.25, -0.2) is 4.68 Å². The fourth-order valence-corrected chi connectivity index (χ4v) is 1.64. The highest BCUT2D eigenvalue weighted by molar-refractivity contribution is 5.36. The van der Waals surface area contributed by atoms with Crippen LogP contribution in [-0.4, -0.2) is 9.36 Å². The Labute approximate surface area is 93.2 Å². The molecule has 0 amide bonds. The summed E-state index contributed by atoms with van der Waals surface area (Å²) in [6, 6.07) is 10.8. The molecule has 0 fully saturated rings. The van der Waals surface area contributed by atoms with Crippen LogP contribution < -0.4 is 11.3 Å². The summed E-state index contributed by atoms with van der Waals surface area (Å²) in [6.07, 6.45) is 1.70. The summed E-state index contributed by atoms with van der Waals surface area (Å²) >= 11 is 0. The number of benzene rings is 1. The number of nitrogen functional groups attached to an aromatic ring is 1. The van der Waals surface area contributed by atoms with E-state index < -0.39 is 0 Å². The molecule has 1 aromatic carbocycles. The molecule has 1 heterocycles. The third kappa shape index (κ3) is 1.65. The summed E-state index contributed by atoms with van der Waals surface area (Å²) in [5.74, 6) is 0.439. The van der Waals surface area contributed by atoms with Gasteiger partial charge in [-0.05, 0) is 12.1 Å². The first-order chi connectivity index (χ1) is 7.74. The summed E-state index contributed by atoms with van der Waals surface area (Å²) in [6.45, 7) is 4.15.